The van der Waals surface area contributed by atoms with Crippen molar-refractivity contribution < 1.29 is 14.3 Å². The number of rotatable bonds is 5. The molecule has 2 aromatic carbocycles. The molecule has 0 unspecified atom stereocenters. The number of carbonyl (C=O) groups is 1. The maximum Gasteiger partial charge on any atom is 0.338 e. The molecule has 0 fully saturated rings. The van der Waals surface area contributed by atoms with Crippen LogP contribution in [0.15, 0.2) is 67.3 Å². The molecule has 0 N–H and O–H groups in total. The van der Waals surface area contributed by atoms with E-state index in [1.54, 1.807) is 24.3 Å². The predicted octanol–water partition coefficient (Wildman–Crippen LogP) is 3.82. The highest BCUT2D eigenvalue weighted by molar-refractivity contribution is 5.89. The minimum Gasteiger partial charge on any atom is -0.458 e. The number of ether oxygens (including phenoxy) is 2. The second kappa shape index (κ2) is 6.40. The van der Waals surface area contributed by atoms with Gasteiger partial charge in [0.05, 0.1) is 5.56 Å². The molecule has 0 bridgehead atoms. The third-order valence-corrected chi connectivity index (χ3v) is 2.38. The Kier molecular flexibility index (Phi) is 4.34. The van der Waals surface area contributed by atoms with Crippen molar-refractivity contribution in [3.63, 3.8) is 0 Å². The Bertz CT molecular complexity index is 561. The lowest BCUT2D eigenvalue weighted by molar-refractivity contribution is 0.0549. The summed E-state index contributed by atoms with van der Waals surface area (Å²) in [5.74, 6) is 0.928. The average Bonchev–Trinajstić information content (AvgIpc) is 2.46. The van der Waals surface area contributed by atoms with Crippen LogP contribution in [0.25, 0.3) is 0 Å². The summed E-state index contributed by atoms with van der Waals surface area (Å²) in [5, 5.41) is 0. The van der Waals surface area contributed by atoms with Gasteiger partial charge in [-0.15, -0.1) is 0 Å². The van der Waals surface area contributed by atoms with E-state index in [9.17, 15) is 4.79 Å². The highest BCUT2D eigenvalue weighted by Gasteiger charge is 2.07. The molecule has 96 valence electrons. The second-order valence-electron chi connectivity index (χ2n) is 3.83. The van der Waals surface area contributed by atoms with Crippen molar-refractivity contribution in [3.8, 4) is 11.5 Å². The van der Waals surface area contributed by atoms with Gasteiger partial charge in [-0.05, 0) is 30.3 Å². The van der Waals surface area contributed by atoms with E-state index < -0.39 is 5.97 Å². The molecule has 0 amide bonds. The summed E-state index contributed by atoms with van der Waals surface area (Å²) < 4.78 is 10.6. The van der Waals surface area contributed by atoms with E-state index in [1.165, 1.54) is 6.08 Å². The fraction of sp³-hybridized carbons (Fsp3) is 0.0625. The van der Waals surface area contributed by atoms with E-state index >= 15 is 0 Å². The zero-order valence-corrected chi connectivity index (χ0v) is 10.4. The number of hydrogen-bond donors (Lipinski definition) is 0. The molecule has 0 aliphatic heterocycles. The molecule has 0 saturated heterocycles. The first-order valence-corrected chi connectivity index (χ1v) is 5.90. The van der Waals surface area contributed by atoms with Crippen LogP contribution < -0.4 is 4.74 Å². The lowest BCUT2D eigenvalue weighted by Crippen LogP contribution is -2.04. The molecule has 3 heteroatoms. The van der Waals surface area contributed by atoms with Crippen LogP contribution in [0.5, 0.6) is 11.5 Å². The van der Waals surface area contributed by atoms with E-state index in [0.29, 0.717) is 11.3 Å². The van der Waals surface area contributed by atoms with Crippen molar-refractivity contribution in [1.29, 1.82) is 0 Å². The van der Waals surface area contributed by atoms with Crippen molar-refractivity contribution in [2.24, 2.45) is 0 Å². The van der Waals surface area contributed by atoms with Gasteiger partial charge in [0.1, 0.15) is 18.1 Å². The number of hydrogen-bond acceptors (Lipinski definition) is 3. The summed E-state index contributed by atoms with van der Waals surface area (Å²) >= 11 is 0. The number of carbonyl (C=O) groups excluding carboxylic acids is 1. The van der Waals surface area contributed by atoms with Crippen molar-refractivity contribution in [2.75, 3.05) is 6.61 Å². The molecule has 0 radical (unpaired) electrons. The van der Waals surface area contributed by atoms with Crippen molar-refractivity contribution in [1.82, 2.24) is 0 Å². The van der Waals surface area contributed by atoms with Crippen LogP contribution >= 0.6 is 0 Å². The third-order valence-electron chi connectivity index (χ3n) is 2.38. The summed E-state index contributed by atoms with van der Waals surface area (Å²) in [7, 11) is 0. The van der Waals surface area contributed by atoms with Crippen LogP contribution in [0, 0.1) is 0 Å². The van der Waals surface area contributed by atoms with Crippen LogP contribution in [0.2, 0.25) is 0 Å². The minimum atomic E-state index is -0.390. The summed E-state index contributed by atoms with van der Waals surface area (Å²) in [6.45, 7) is 3.69. The molecule has 0 saturated carbocycles. The monoisotopic (exact) mass is 254 g/mol. The summed E-state index contributed by atoms with van der Waals surface area (Å²) in [4.78, 5) is 11.7. The molecule has 0 aliphatic rings. The molecule has 0 aliphatic carbocycles. The summed E-state index contributed by atoms with van der Waals surface area (Å²) in [6.07, 6.45) is 1.53. The first kappa shape index (κ1) is 12.9. The Morgan fingerprint density at radius 3 is 2.53 bits per heavy atom. The van der Waals surface area contributed by atoms with Crippen molar-refractivity contribution in [2.45, 2.75) is 0 Å². The molecular formula is C16H14O3. The standard InChI is InChI=1S/C16H14O3/c1-2-11-18-16(17)13-7-6-10-15(12-13)19-14-8-4-3-5-9-14/h2-10,12H,1,11H2. The number of para-hydroxylation sites is 1. The van der Waals surface area contributed by atoms with Gasteiger partial charge in [-0.1, -0.05) is 36.9 Å². The van der Waals surface area contributed by atoms with Gasteiger partial charge in [0.25, 0.3) is 0 Å². The normalized spacial score (nSPS) is 9.68. The highest BCUT2D eigenvalue weighted by Crippen LogP contribution is 2.22. The number of esters is 1. The first-order valence-electron chi connectivity index (χ1n) is 5.90. The molecule has 0 spiro atoms. The maximum absolute atomic E-state index is 11.7. The van der Waals surface area contributed by atoms with Crippen LogP contribution in [-0.2, 0) is 4.74 Å². The highest BCUT2D eigenvalue weighted by atomic mass is 16.5. The molecule has 0 heterocycles. The van der Waals surface area contributed by atoms with Gasteiger partial charge in [0.15, 0.2) is 0 Å². The quantitative estimate of drug-likeness (QED) is 0.601. The topological polar surface area (TPSA) is 35.5 Å². The van der Waals surface area contributed by atoms with Crippen molar-refractivity contribution in [3.05, 3.63) is 72.8 Å². The lowest BCUT2D eigenvalue weighted by atomic mass is 10.2. The van der Waals surface area contributed by atoms with Gasteiger partial charge in [-0.2, -0.15) is 0 Å². The predicted molar refractivity (Wildman–Crippen MR) is 73.4 cm³/mol. The minimum absolute atomic E-state index is 0.197. The van der Waals surface area contributed by atoms with Gasteiger partial charge in [0, 0.05) is 0 Å². The molecule has 2 aromatic rings. The number of benzene rings is 2. The Balaban J connectivity index is 2.11. The zero-order valence-electron chi connectivity index (χ0n) is 10.4. The van der Waals surface area contributed by atoms with Crippen LogP contribution in [0.1, 0.15) is 10.4 Å². The summed E-state index contributed by atoms with van der Waals surface area (Å²) in [5.41, 5.74) is 0.454. The van der Waals surface area contributed by atoms with E-state index in [-0.39, 0.29) is 6.61 Å². The molecule has 2 rings (SSSR count). The molecule has 0 atom stereocenters. The largest absolute Gasteiger partial charge is 0.458 e. The summed E-state index contributed by atoms with van der Waals surface area (Å²) in [6, 6.07) is 16.3. The van der Waals surface area contributed by atoms with E-state index in [2.05, 4.69) is 6.58 Å². The Morgan fingerprint density at radius 1 is 1.05 bits per heavy atom. The lowest BCUT2D eigenvalue weighted by Gasteiger charge is -2.07. The third kappa shape index (κ3) is 3.71. The van der Waals surface area contributed by atoms with Crippen LogP contribution in [0.3, 0.4) is 0 Å². The Labute approximate surface area is 112 Å². The Hall–Kier alpha value is -2.55. The van der Waals surface area contributed by atoms with Crippen LogP contribution in [-0.4, -0.2) is 12.6 Å². The fourth-order valence-corrected chi connectivity index (χ4v) is 1.53. The molecule has 3 nitrogen and oxygen atoms in total. The smallest absolute Gasteiger partial charge is 0.338 e. The average molecular weight is 254 g/mol. The second-order valence-corrected chi connectivity index (χ2v) is 3.83. The van der Waals surface area contributed by atoms with E-state index in [0.717, 1.165) is 5.75 Å². The van der Waals surface area contributed by atoms with Gasteiger partial charge >= 0.3 is 5.97 Å². The SMILES string of the molecule is C=CCOC(=O)c1cccc(Oc2ccccc2)c1. The van der Waals surface area contributed by atoms with Crippen molar-refractivity contribution >= 4 is 5.97 Å². The molecular weight excluding hydrogens is 240 g/mol. The van der Waals surface area contributed by atoms with Crippen LogP contribution in [0.4, 0.5) is 0 Å². The fourth-order valence-electron chi connectivity index (χ4n) is 1.53. The van der Waals surface area contributed by atoms with Gasteiger partial charge in [0.2, 0.25) is 0 Å². The van der Waals surface area contributed by atoms with Gasteiger partial charge in [-0.25, -0.2) is 4.79 Å². The first-order chi connectivity index (χ1) is 9.29. The molecule has 19 heavy (non-hydrogen) atoms. The molecule has 0 aromatic heterocycles. The van der Waals surface area contributed by atoms with E-state index in [1.807, 2.05) is 30.3 Å². The van der Waals surface area contributed by atoms with E-state index in [4.69, 9.17) is 9.47 Å². The van der Waals surface area contributed by atoms with Gasteiger partial charge in [-0.3, -0.25) is 0 Å². The van der Waals surface area contributed by atoms with Gasteiger partial charge < -0.3 is 9.47 Å². The Morgan fingerprint density at radius 2 is 1.79 bits per heavy atom. The maximum atomic E-state index is 11.7. The zero-order chi connectivity index (χ0) is 13.5.